The largest absolute Gasteiger partial charge is 0.384 e. The maximum atomic E-state index is 5.89. The standard InChI is InChI=1S/C15H24N4/c1-9-3-6-12(7-10(9)2)17-14-8-13(16)18-15(19-14)11-4-5-11/h8-12H,3-7H2,1-2H3,(H3,16,17,18,19). The highest BCUT2D eigenvalue weighted by Gasteiger charge is 2.28. The molecule has 0 saturated heterocycles. The molecule has 2 fully saturated rings. The van der Waals surface area contributed by atoms with E-state index in [9.17, 15) is 0 Å². The number of hydrogen-bond donors (Lipinski definition) is 2. The van der Waals surface area contributed by atoms with Gasteiger partial charge in [0.2, 0.25) is 0 Å². The third kappa shape index (κ3) is 2.99. The van der Waals surface area contributed by atoms with Gasteiger partial charge in [-0.05, 0) is 43.9 Å². The summed E-state index contributed by atoms with van der Waals surface area (Å²) in [6, 6.07) is 2.40. The molecule has 104 valence electrons. The van der Waals surface area contributed by atoms with Gasteiger partial charge in [0.15, 0.2) is 0 Å². The maximum absolute atomic E-state index is 5.89. The zero-order valence-corrected chi connectivity index (χ0v) is 11.9. The van der Waals surface area contributed by atoms with Gasteiger partial charge in [0.1, 0.15) is 17.5 Å². The van der Waals surface area contributed by atoms with Gasteiger partial charge >= 0.3 is 0 Å². The molecule has 1 aromatic rings. The average molecular weight is 260 g/mol. The van der Waals surface area contributed by atoms with Crippen molar-refractivity contribution in [1.82, 2.24) is 9.97 Å². The van der Waals surface area contributed by atoms with Gasteiger partial charge in [0, 0.05) is 18.0 Å². The van der Waals surface area contributed by atoms with E-state index in [0.717, 1.165) is 23.5 Å². The van der Waals surface area contributed by atoms with Gasteiger partial charge in [-0.2, -0.15) is 0 Å². The van der Waals surface area contributed by atoms with Crippen molar-refractivity contribution in [2.24, 2.45) is 11.8 Å². The summed E-state index contributed by atoms with van der Waals surface area (Å²) in [5.41, 5.74) is 5.89. The molecular weight excluding hydrogens is 236 g/mol. The first-order valence-corrected chi connectivity index (χ1v) is 7.53. The van der Waals surface area contributed by atoms with Crippen molar-refractivity contribution < 1.29 is 0 Å². The number of nitrogens with one attached hydrogen (secondary N) is 1. The van der Waals surface area contributed by atoms with E-state index >= 15 is 0 Å². The van der Waals surface area contributed by atoms with E-state index in [1.807, 2.05) is 6.07 Å². The second-order valence-corrected chi connectivity index (χ2v) is 6.42. The molecular formula is C15H24N4. The molecule has 2 aliphatic carbocycles. The third-order valence-electron chi connectivity index (χ3n) is 4.66. The molecule has 3 N–H and O–H groups in total. The molecule has 0 bridgehead atoms. The molecule has 1 heterocycles. The van der Waals surface area contributed by atoms with Crippen LogP contribution in [-0.2, 0) is 0 Å². The Morgan fingerprint density at radius 3 is 2.58 bits per heavy atom. The summed E-state index contributed by atoms with van der Waals surface area (Å²) in [7, 11) is 0. The minimum atomic E-state index is 0.535. The van der Waals surface area contributed by atoms with Crippen molar-refractivity contribution in [1.29, 1.82) is 0 Å². The zero-order valence-electron chi connectivity index (χ0n) is 11.9. The van der Waals surface area contributed by atoms with Crippen molar-refractivity contribution in [3.63, 3.8) is 0 Å². The summed E-state index contributed by atoms with van der Waals surface area (Å²) < 4.78 is 0. The van der Waals surface area contributed by atoms with Crippen molar-refractivity contribution in [3.8, 4) is 0 Å². The predicted molar refractivity (Wildman–Crippen MR) is 78.0 cm³/mol. The van der Waals surface area contributed by atoms with Gasteiger partial charge in [0.25, 0.3) is 0 Å². The highest BCUT2D eigenvalue weighted by atomic mass is 15.1. The first kappa shape index (κ1) is 12.7. The fourth-order valence-electron chi connectivity index (χ4n) is 2.97. The van der Waals surface area contributed by atoms with Crippen LogP contribution in [-0.4, -0.2) is 16.0 Å². The summed E-state index contributed by atoms with van der Waals surface area (Å²) in [6.07, 6.45) is 6.18. The summed E-state index contributed by atoms with van der Waals surface area (Å²) in [5.74, 6) is 4.62. The highest BCUT2D eigenvalue weighted by molar-refractivity contribution is 5.46. The zero-order chi connectivity index (χ0) is 13.4. The summed E-state index contributed by atoms with van der Waals surface area (Å²) >= 11 is 0. The number of rotatable bonds is 3. The van der Waals surface area contributed by atoms with Gasteiger partial charge in [-0.25, -0.2) is 9.97 Å². The van der Waals surface area contributed by atoms with Crippen molar-refractivity contribution >= 4 is 11.6 Å². The normalized spacial score (nSPS) is 31.2. The first-order valence-electron chi connectivity index (χ1n) is 7.53. The molecule has 0 amide bonds. The topological polar surface area (TPSA) is 63.8 Å². The Kier molecular flexibility index (Phi) is 3.33. The fourth-order valence-corrected chi connectivity index (χ4v) is 2.97. The third-order valence-corrected chi connectivity index (χ3v) is 4.66. The number of aromatic nitrogens is 2. The fraction of sp³-hybridized carbons (Fsp3) is 0.733. The van der Waals surface area contributed by atoms with E-state index in [4.69, 9.17) is 5.73 Å². The molecule has 0 aromatic carbocycles. The van der Waals surface area contributed by atoms with Gasteiger partial charge in [0.05, 0.1) is 0 Å². The van der Waals surface area contributed by atoms with E-state index in [1.54, 1.807) is 0 Å². The van der Waals surface area contributed by atoms with Gasteiger partial charge in [-0.1, -0.05) is 13.8 Å². The summed E-state index contributed by atoms with van der Waals surface area (Å²) in [5, 5.41) is 3.56. The van der Waals surface area contributed by atoms with Crippen molar-refractivity contribution in [2.45, 2.75) is 57.9 Å². The molecule has 3 rings (SSSR count). The number of nitrogens with two attached hydrogens (primary N) is 1. The number of anilines is 2. The monoisotopic (exact) mass is 260 g/mol. The lowest BCUT2D eigenvalue weighted by atomic mass is 9.79. The van der Waals surface area contributed by atoms with Crippen LogP contribution >= 0.6 is 0 Å². The highest BCUT2D eigenvalue weighted by Crippen LogP contribution is 2.39. The minimum absolute atomic E-state index is 0.535. The Labute approximate surface area is 115 Å². The van der Waals surface area contributed by atoms with Crippen molar-refractivity contribution in [2.75, 3.05) is 11.1 Å². The number of nitrogen functional groups attached to an aromatic ring is 1. The van der Waals surface area contributed by atoms with Gasteiger partial charge < -0.3 is 11.1 Å². The summed E-state index contributed by atoms with van der Waals surface area (Å²) in [4.78, 5) is 8.97. The molecule has 2 saturated carbocycles. The van der Waals surface area contributed by atoms with E-state index in [0.29, 0.717) is 17.8 Å². The van der Waals surface area contributed by atoms with Crippen LogP contribution in [0.3, 0.4) is 0 Å². The van der Waals surface area contributed by atoms with Crippen molar-refractivity contribution in [3.05, 3.63) is 11.9 Å². The van der Waals surface area contributed by atoms with Crippen LogP contribution in [0, 0.1) is 11.8 Å². The quantitative estimate of drug-likeness (QED) is 0.876. The Hall–Kier alpha value is -1.32. The smallest absolute Gasteiger partial charge is 0.136 e. The van der Waals surface area contributed by atoms with E-state index in [2.05, 4.69) is 29.1 Å². The van der Waals surface area contributed by atoms with Crippen LogP contribution in [0.4, 0.5) is 11.6 Å². The van der Waals surface area contributed by atoms with Crippen LogP contribution in [0.15, 0.2) is 6.07 Å². The van der Waals surface area contributed by atoms with Gasteiger partial charge in [-0.3, -0.25) is 0 Å². The number of hydrogen-bond acceptors (Lipinski definition) is 4. The average Bonchev–Trinajstić information content (AvgIpc) is 3.17. The number of nitrogens with zero attached hydrogens (tertiary/aromatic N) is 2. The Bertz CT molecular complexity index is 455. The van der Waals surface area contributed by atoms with E-state index in [1.165, 1.54) is 32.1 Å². The predicted octanol–water partition coefficient (Wildman–Crippen LogP) is 3.17. The minimum Gasteiger partial charge on any atom is -0.384 e. The molecule has 1 aromatic heterocycles. The molecule has 2 aliphatic rings. The Morgan fingerprint density at radius 1 is 1.11 bits per heavy atom. The van der Waals surface area contributed by atoms with Crippen LogP contribution in [0.1, 0.15) is 57.7 Å². The van der Waals surface area contributed by atoms with Gasteiger partial charge in [-0.15, -0.1) is 0 Å². The second kappa shape index (κ2) is 4.99. The molecule has 3 atom stereocenters. The summed E-state index contributed by atoms with van der Waals surface area (Å²) in [6.45, 7) is 4.71. The molecule has 19 heavy (non-hydrogen) atoms. The maximum Gasteiger partial charge on any atom is 0.136 e. The van der Waals surface area contributed by atoms with Crippen LogP contribution in [0.5, 0.6) is 0 Å². The lowest BCUT2D eigenvalue weighted by Crippen LogP contribution is -2.30. The SMILES string of the molecule is CC1CCC(Nc2cc(N)nc(C3CC3)n2)CC1C. The molecule has 0 aliphatic heterocycles. The second-order valence-electron chi connectivity index (χ2n) is 6.42. The van der Waals surface area contributed by atoms with E-state index < -0.39 is 0 Å². The van der Waals surface area contributed by atoms with E-state index in [-0.39, 0.29) is 0 Å². The Morgan fingerprint density at radius 2 is 1.89 bits per heavy atom. The Balaban J connectivity index is 1.69. The van der Waals surface area contributed by atoms with Crippen LogP contribution < -0.4 is 11.1 Å². The lowest BCUT2D eigenvalue weighted by molar-refractivity contribution is 0.260. The molecule has 0 radical (unpaired) electrons. The molecule has 3 unspecified atom stereocenters. The van der Waals surface area contributed by atoms with Crippen LogP contribution in [0.25, 0.3) is 0 Å². The molecule has 0 spiro atoms. The lowest BCUT2D eigenvalue weighted by Gasteiger charge is -2.32. The molecule has 4 heteroatoms. The first-order chi connectivity index (χ1) is 9.11. The molecule has 4 nitrogen and oxygen atoms in total. The van der Waals surface area contributed by atoms with Crippen LogP contribution in [0.2, 0.25) is 0 Å².